The Morgan fingerprint density at radius 3 is 2.24 bits per heavy atom. The molecule has 0 aliphatic rings. The number of pyridine rings is 1. The maximum atomic E-state index is 11.7. The van der Waals surface area contributed by atoms with Crippen LogP contribution in [0.3, 0.4) is 0 Å². The third-order valence-corrected chi connectivity index (χ3v) is 4.18. The van der Waals surface area contributed by atoms with E-state index in [0.717, 1.165) is 10.8 Å². The summed E-state index contributed by atoms with van der Waals surface area (Å²) in [7, 11) is 0. The number of hydrogen-bond acceptors (Lipinski definition) is 4. The first-order valence-electron chi connectivity index (χ1n) is 7.62. The fraction of sp³-hybridized carbons (Fsp3) is 0. The van der Waals surface area contributed by atoms with E-state index < -0.39 is 5.97 Å². The molecule has 3 aromatic carbocycles. The Bertz CT molecular complexity index is 1150. The van der Waals surface area contributed by atoms with Crippen LogP contribution in [-0.2, 0) is 0 Å². The molecule has 0 bridgehead atoms. The lowest BCUT2D eigenvalue weighted by molar-refractivity contribution is 0.0699. The van der Waals surface area contributed by atoms with Crippen LogP contribution in [0.4, 0.5) is 0 Å². The number of rotatable bonds is 2. The molecule has 25 heavy (non-hydrogen) atoms. The van der Waals surface area contributed by atoms with E-state index in [2.05, 4.69) is 4.98 Å². The molecule has 1 aromatic heterocycles. The van der Waals surface area contributed by atoms with Crippen LogP contribution in [0.1, 0.15) is 10.4 Å². The second kappa shape index (κ2) is 5.49. The maximum absolute atomic E-state index is 11.7. The van der Waals surface area contributed by atoms with E-state index in [1.807, 2.05) is 36.4 Å². The second-order valence-electron chi connectivity index (χ2n) is 5.78. The Hall–Kier alpha value is -3.60. The number of aromatic nitrogens is 1. The largest absolute Gasteiger partial charge is 0.504 e. The number of phenols is 2. The van der Waals surface area contributed by atoms with Crippen LogP contribution < -0.4 is 0 Å². The van der Waals surface area contributed by atoms with E-state index in [4.69, 9.17) is 0 Å². The monoisotopic (exact) mass is 331 g/mol. The van der Waals surface area contributed by atoms with Crippen LogP contribution in [0.15, 0.2) is 60.7 Å². The van der Waals surface area contributed by atoms with Gasteiger partial charge in [0, 0.05) is 10.9 Å². The highest BCUT2D eigenvalue weighted by Gasteiger charge is 2.14. The molecule has 0 unspecified atom stereocenters. The minimum Gasteiger partial charge on any atom is -0.504 e. The van der Waals surface area contributed by atoms with Crippen LogP contribution in [0.5, 0.6) is 11.5 Å². The number of hydrogen-bond donors (Lipinski definition) is 3. The number of carboxylic acids is 1. The summed E-state index contributed by atoms with van der Waals surface area (Å²) in [5, 5.41) is 31.2. The van der Waals surface area contributed by atoms with Gasteiger partial charge in [-0.05, 0) is 47.2 Å². The van der Waals surface area contributed by atoms with E-state index in [9.17, 15) is 20.1 Å². The summed E-state index contributed by atoms with van der Waals surface area (Å²) in [6, 6.07) is 17.1. The summed E-state index contributed by atoms with van der Waals surface area (Å²) >= 11 is 0. The average Bonchev–Trinajstić information content (AvgIpc) is 2.61. The van der Waals surface area contributed by atoms with Crippen molar-refractivity contribution in [2.45, 2.75) is 0 Å². The fourth-order valence-electron chi connectivity index (χ4n) is 2.92. The molecule has 0 amide bonds. The predicted molar refractivity (Wildman–Crippen MR) is 95.0 cm³/mol. The molecule has 0 radical (unpaired) electrons. The van der Waals surface area contributed by atoms with Crippen LogP contribution in [0.2, 0.25) is 0 Å². The fourth-order valence-corrected chi connectivity index (χ4v) is 2.92. The van der Waals surface area contributed by atoms with Crippen molar-refractivity contribution in [3.8, 4) is 22.8 Å². The van der Waals surface area contributed by atoms with Crippen molar-refractivity contribution >= 4 is 27.6 Å². The number of benzene rings is 3. The van der Waals surface area contributed by atoms with E-state index in [-0.39, 0.29) is 17.1 Å². The van der Waals surface area contributed by atoms with E-state index in [0.29, 0.717) is 22.2 Å². The van der Waals surface area contributed by atoms with Crippen molar-refractivity contribution < 1.29 is 20.1 Å². The molecule has 0 fully saturated rings. The highest BCUT2D eigenvalue weighted by Crippen LogP contribution is 2.32. The molecule has 4 aromatic rings. The van der Waals surface area contributed by atoms with Gasteiger partial charge in [0.25, 0.3) is 0 Å². The summed E-state index contributed by atoms with van der Waals surface area (Å²) in [5.41, 5.74) is 1.63. The lowest BCUT2D eigenvalue weighted by Crippen LogP contribution is -2.00. The molecule has 3 N–H and O–H groups in total. The van der Waals surface area contributed by atoms with Crippen molar-refractivity contribution in [2.75, 3.05) is 0 Å². The third-order valence-electron chi connectivity index (χ3n) is 4.18. The van der Waals surface area contributed by atoms with Gasteiger partial charge in [-0.3, -0.25) is 0 Å². The Kier molecular flexibility index (Phi) is 3.28. The average molecular weight is 331 g/mol. The van der Waals surface area contributed by atoms with Gasteiger partial charge in [-0.25, -0.2) is 9.78 Å². The zero-order valence-electron chi connectivity index (χ0n) is 13.0. The Morgan fingerprint density at radius 1 is 0.840 bits per heavy atom. The molecule has 0 aliphatic carbocycles. The molecule has 0 atom stereocenters. The van der Waals surface area contributed by atoms with Crippen molar-refractivity contribution in [1.82, 2.24) is 4.98 Å². The van der Waals surface area contributed by atoms with Crippen molar-refractivity contribution in [3.05, 3.63) is 66.2 Å². The zero-order chi connectivity index (χ0) is 17.6. The first-order chi connectivity index (χ1) is 12.0. The van der Waals surface area contributed by atoms with Crippen LogP contribution in [0.25, 0.3) is 32.9 Å². The van der Waals surface area contributed by atoms with Gasteiger partial charge < -0.3 is 15.3 Å². The second-order valence-corrected chi connectivity index (χ2v) is 5.78. The molecule has 5 heteroatoms. The minimum atomic E-state index is -1.05. The summed E-state index contributed by atoms with van der Waals surface area (Å²) in [6.45, 7) is 0. The molecule has 0 spiro atoms. The van der Waals surface area contributed by atoms with Gasteiger partial charge in [0.1, 0.15) is 0 Å². The quantitative estimate of drug-likeness (QED) is 0.379. The topological polar surface area (TPSA) is 90.7 Å². The van der Waals surface area contributed by atoms with Crippen LogP contribution >= 0.6 is 0 Å². The standard InChI is InChI=1S/C20H13NO4/c22-18-6-5-13(9-19(18)23)16-10-15(20(24)25)14-7-11-3-1-2-4-12(11)8-17(14)21-16/h1-10,22-23H,(H,24,25). The summed E-state index contributed by atoms with van der Waals surface area (Å²) in [6.07, 6.45) is 0. The molecule has 0 aliphatic heterocycles. The van der Waals surface area contributed by atoms with Crippen LogP contribution in [-0.4, -0.2) is 26.3 Å². The summed E-state index contributed by atoms with van der Waals surface area (Å²) in [4.78, 5) is 16.3. The summed E-state index contributed by atoms with van der Waals surface area (Å²) in [5.74, 6) is -1.57. The van der Waals surface area contributed by atoms with Gasteiger partial charge in [0.15, 0.2) is 11.5 Å². The van der Waals surface area contributed by atoms with E-state index >= 15 is 0 Å². The number of aromatic hydroxyl groups is 2. The highest BCUT2D eigenvalue weighted by molar-refractivity contribution is 6.08. The third kappa shape index (κ3) is 2.52. The van der Waals surface area contributed by atoms with E-state index in [1.54, 1.807) is 6.07 Å². The molecule has 1 heterocycles. The number of phenolic OH excluding ortho intramolecular Hbond substituents is 2. The zero-order valence-corrected chi connectivity index (χ0v) is 13.0. The number of fused-ring (bicyclic) bond motifs is 2. The normalized spacial score (nSPS) is 11.0. The minimum absolute atomic E-state index is 0.137. The Morgan fingerprint density at radius 2 is 1.56 bits per heavy atom. The molecule has 0 saturated heterocycles. The molecule has 122 valence electrons. The van der Waals surface area contributed by atoms with E-state index in [1.165, 1.54) is 18.2 Å². The number of carboxylic acid groups (broad SMARTS) is 1. The molecular formula is C20H13NO4. The predicted octanol–water partition coefficient (Wildman–Crippen LogP) is 4.16. The SMILES string of the molecule is O=C(O)c1cc(-c2ccc(O)c(O)c2)nc2cc3ccccc3cc12. The molecule has 4 rings (SSSR count). The molecule has 5 nitrogen and oxygen atoms in total. The number of carbonyl (C=O) groups is 1. The van der Waals surface area contributed by atoms with Gasteiger partial charge in [-0.2, -0.15) is 0 Å². The first kappa shape index (κ1) is 15.0. The Balaban J connectivity index is 2.04. The van der Waals surface area contributed by atoms with Gasteiger partial charge in [-0.1, -0.05) is 24.3 Å². The van der Waals surface area contributed by atoms with Crippen molar-refractivity contribution in [2.24, 2.45) is 0 Å². The van der Waals surface area contributed by atoms with Crippen molar-refractivity contribution in [1.29, 1.82) is 0 Å². The lowest BCUT2D eigenvalue weighted by atomic mass is 10.0. The van der Waals surface area contributed by atoms with Gasteiger partial charge in [0.2, 0.25) is 0 Å². The number of aromatic carboxylic acids is 1. The smallest absolute Gasteiger partial charge is 0.336 e. The highest BCUT2D eigenvalue weighted by atomic mass is 16.4. The molecule has 0 saturated carbocycles. The lowest BCUT2D eigenvalue weighted by Gasteiger charge is -2.09. The first-order valence-corrected chi connectivity index (χ1v) is 7.62. The molecular weight excluding hydrogens is 318 g/mol. The maximum Gasteiger partial charge on any atom is 0.336 e. The van der Waals surface area contributed by atoms with Gasteiger partial charge >= 0.3 is 5.97 Å². The van der Waals surface area contributed by atoms with Gasteiger partial charge in [-0.15, -0.1) is 0 Å². The van der Waals surface area contributed by atoms with Crippen molar-refractivity contribution in [3.63, 3.8) is 0 Å². The summed E-state index contributed by atoms with van der Waals surface area (Å²) < 4.78 is 0. The van der Waals surface area contributed by atoms with Gasteiger partial charge in [0.05, 0.1) is 16.8 Å². The van der Waals surface area contributed by atoms with Crippen LogP contribution in [0, 0.1) is 0 Å². The number of nitrogens with zero attached hydrogens (tertiary/aromatic N) is 1. The Labute approximate surface area is 142 Å².